The van der Waals surface area contributed by atoms with Gasteiger partial charge in [0.05, 0.1) is 33.5 Å². The van der Waals surface area contributed by atoms with E-state index in [-0.39, 0.29) is 24.4 Å². The lowest BCUT2D eigenvalue weighted by Crippen LogP contribution is -2.61. The van der Waals surface area contributed by atoms with Crippen molar-refractivity contribution in [3.63, 3.8) is 0 Å². The number of hydrogen-bond donors (Lipinski definition) is 1. The molecule has 1 heterocycles. The molecule has 3 aromatic rings. The maximum atomic E-state index is 13.8. The summed E-state index contributed by atoms with van der Waals surface area (Å²) in [7, 11) is 1.65. The maximum absolute atomic E-state index is 13.8. The minimum Gasteiger partial charge on any atom is -0.496 e. The molecule has 0 bridgehead atoms. The molecule has 1 aliphatic heterocycles. The summed E-state index contributed by atoms with van der Waals surface area (Å²) < 4.78 is 17.0. The minimum absolute atomic E-state index is 0.0542. The van der Waals surface area contributed by atoms with Crippen molar-refractivity contribution in [2.45, 2.75) is 44.5 Å². The average Bonchev–Trinajstić information content (AvgIpc) is 3.83. The lowest BCUT2D eigenvalue weighted by Gasteiger charge is -2.38. The lowest BCUT2D eigenvalue weighted by atomic mass is 10.1. The van der Waals surface area contributed by atoms with Crippen LogP contribution in [-0.4, -0.2) is 62.2 Å². The Bertz CT molecular complexity index is 1330. The molecule has 1 saturated heterocycles. The normalized spacial score (nSPS) is 16.9. The van der Waals surface area contributed by atoms with E-state index in [1.165, 1.54) is 0 Å². The Morgan fingerprint density at radius 2 is 1.85 bits per heavy atom. The summed E-state index contributed by atoms with van der Waals surface area (Å²) in [5, 5.41) is 3.76. The molecule has 41 heavy (non-hydrogen) atoms. The molecule has 1 N–H and O–H groups in total. The number of rotatable bonds is 13. The zero-order valence-corrected chi connectivity index (χ0v) is 24.0. The van der Waals surface area contributed by atoms with Gasteiger partial charge in [0.25, 0.3) is 0 Å². The van der Waals surface area contributed by atoms with Crippen LogP contribution >= 0.6 is 11.6 Å². The Labute approximate surface area is 246 Å². The van der Waals surface area contributed by atoms with Crippen molar-refractivity contribution in [3.05, 3.63) is 88.9 Å². The zero-order chi connectivity index (χ0) is 28.6. The number of hydrogen-bond acceptors (Lipinski definition) is 6. The fourth-order valence-corrected chi connectivity index (χ4v) is 5.26. The van der Waals surface area contributed by atoms with Crippen molar-refractivity contribution in [1.82, 2.24) is 10.2 Å². The molecule has 2 amide bonds. The number of amides is 2. The molecular formula is C32H36ClN3O5. The Hall–Kier alpha value is -3.59. The summed E-state index contributed by atoms with van der Waals surface area (Å²) in [6.45, 7) is 2.60. The highest BCUT2D eigenvalue weighted by Crippen LogP contribution is 2.31. The first-order chi connectivity index (χ1) is 20.0. The van der Waals surface area contributed by atoms with Crippen LogP contribution in [0.15, 0.2) is 72.8 Å². The number of nitrogens with one attached hydrogen (secondary N) is 1. The van der Waals surface area contributed by atoms with Gasteiger partial charge in [0.15, 0.2) is 0 Å². The second-order valence-corrected chi connectivity index (χ2v) is 10.7. The predicted molar refractivity (Wildman–Crippen MR) is 158 cm³/mol. The van der Waals surface area contributed by atoms with Crippen LogP contribution in [0, 0.1) is 0 Å². The van der Waals surface area contributed by atoms with E-state index in [1.54, 1.807) is 12.0 Å². The van der Waals surface area contributed by atoms with Gasteiger partial charge in [0, 0.05) is 41.8 Å². The third-order valence-corrected chi connectivity index (χ3v) is 7.49. The van der Waals surface area contributed by atoms with Gasteiger partial charge in [0.1, 0.15) is 17.5 Å². The molecule has 1 saturated carbocycles. The Balaban J connectivity index is 1.16. The second kappa shape index (κ2) is 13.9. The van der Waals surface area contributed by atoms with Gasteiger partial charge in [-0.25, -0.2) is 0 Å². The van der Waals surface area contributed by atoms with Gasteiger partial charge in [-0.1, -0.05) is 41.9 Å². The van der Waals surface area contributed by atoms with Crippen molar-refractivity contribution in [2.24, 2.45) is 0 Å². The average molecular weight is 578 g/mol. The monoisotopic (exact) mass is 577 g/mol. The first kappa shape index (κ1) is 28.9. The van der Waals surface area contributed by atoms with E-state index in [0.29, 0.717) is 49.4 Å². The van der Waals surface area contributed by atoms with Gasteiger partial charge in [-0.2, -0.15) is 0 Å². The van der Waals surface area contributed by atoms with Crippen molar-refractivity contribution in [2.75, 3.05) is 38.3 Å². The number of piperazine rings is 1. The number of methoxy groups -OCH3 is 1. The van der Waals surface area contributed by atoms with Crippen LogP contribution in [0.25, 0.3) is 0 Å². The summed E-state index contributed by atoms with van der Waals surface area (Å²) in [5.74, 6) is 1.33. The topological polar surface area (TPSA) is 80.3 Å². The zero-order valence-electron chi connectivity index (χ0n) is 23.3. The third-order valence-electron chi connectivity index (χ3n) is 7.26. The standard InChI is InChI=1S/C32H36ClN3O5/c1-39-30-9-3-2-7-24(30)22-40-16-5-17-41-28-14-12-27(13-15-28)36-29(19-34-20-31(36)37)32(38)35(26-10-11-26)21-23-6-4-8-25(33)18-23/h2-4,6-9,12-15,18,26,29,34H,5,10-11,16-17,19-22H2,1H3/t29-/m1/s1. The molecule has 2 aliphatic rings. The van der Waals surface area contributed by atoms with E-state index >= 15 is 0 Å². The Morgan fingerprint density at radius 3 is 2.61 bits per heavy atom. The molecule has 0 unspecified atom stereocenters. The van der Waals surface area contributed by atoms with Crippen LogP contribution in [0.4, 0.5) is 5.69 Å². The molecule has 0 radical (unpaired) electrons. The number of para-hydroxylation sites is 1. The van der Waals surface area contributed by atoms with Crippen LogP contribution in [-0.2, 0) is 27.5 Å². The fraction of sp³-hybridized carbons (Fsp3) is 0.375. The Kier molecular flexibility index (Phi) is 9.77. The number of carbonyl (C=O) groups excluding carboxylic acids is 2. The van der Waals surface area contributed by atoms with Crippen LogP contribution in [0.5, 0.6) is 11.5 Å². The van der Waals surface area contributed by atoms with E-state index in [4.69, 9.17) is 25.8 Å². The van der Waals surface area contributed by atoms with E-state index in [1.807, 2.05) is 77.7 Å². The highest BCUT2D eigenvalue weighted by Gasteiger charge is 2.41. The van der Waals surface area contributed by atoms with E-state index < -0.39 is 6.04 Å². The first-order valence-corrected chi connectivity index (χ1v) is 14.4. The van der Waals surface area contributed by atoms with Crippen LogP contribution < -0.4 is 19.7 Å². The summed E-state index contributed by atoms with van der Waals surface area (Å²) in [6.07, 6.45) is 2.67. The smallest absolute Gasteiger partial charge is 0.247 e. The SMILES string of the molecule is COc1ccccc1COCCCOc1ccc(N2C(=O)CNC[C@@H]2C(=O)N(Cc2cccc(Cl)c2)C2CC2)cc1. The Morgan fingerprint density at radius 1 is 1.05 bits per heavy atom. The molecule has 8 nitrogen and oxygen atoms in total. The van der Waals surface area contributed by atoms with Crippen molar-refractivity contribution < 1.29 is 23.8 Å². The molecule has 1 atom stereocenters. The highest BCUT2D eigenvalue weighted by atomic mass is 35.5. The number of ether oxygens (including phenoxy) is 3. The van der Waals surface area contributed by atoms with Gasteiger partial charge in [0.2, 0.25) is 11.8 Å². The van der Waals surface area contributed by atoms with Gasteiger partial charge >= 0.3 is 0 Å². The highest BCUT2D eigenvalue weighted by molar-refractivity contribution is 6.30. The number of nitrogens with zero attached hydrogens (tertiary/aromatic N) is 2. The van der Waals surface area contributed by atoms with Crippen LogP contribution in [0.2, 0.25) is 5.02 Å². The molecule has 3 aromatic carbocycles. The van der Waals surface area contributed by atoms with Gasteiger partial charge in [-0.05, 0) is 60.9 Å². The number of benzene rings is 3. The lowest BCUT2D eigenvalue weighted by molar-refractivity contribution is -0.136. The van der Waals surface area contributed by atoms with Crippen molar-refractivity contribution in [1.29, 1.82) is 0 Å². The molecule has 216 valence electrons. The molecule has 1 aliphatic carbocycles. The first-order valence-electron chi connectivity index (χ1n) is 14.0. The van der Waals surface area contributed by atoms with Crippen LogP contribution in [0.3, 0.4) is 0 Å². The summed E-state index contributed by atoms with van der Waals surface area (Å²) in [4.78, 5) is 30.4. The largest absolute Gasteiger partial charge is 0.496 e. The summed E-state index contributed by atoms with van der Waals surface area (Å²) >= 11 is 6.19. The van der Waals surface area contributed by atoms with E-state index in [9.17, 15) is 9.59 Å². The third kappa shape index (κ3) is 7.58. The van der Waals surface area contributed by atoms with Crippen molar-refractivity contribution in [3.8, 4) is 11.5 Å². The van der Waals surface area contributed by atoms with Crippen LogP contribution in [0.1, 0.15) is 30.4 Å². The molecule has 2 fully saturated rings. The minimum atomic E-state index is -0.622. The second-order valence-electron chi connectivity index (χ2n) is 10.3. The van der Waals surface area contributed by atoms with Gasteiger partial charge in [-0.3, -0.25) is 14.5 Å². The maximum Gasteiger partial charge on any atom is 0.247 e. The van der Waals surface area contributed by atoms with E-state index in [2.05, 4.69) is 5.32 Å². The quantitative estimate of drug-likeness (QED) is 0.293. The van der Waals surface area contributed by atoms with Crippen molar-refractivity contribution >= 4 is 29.1 Å². The van der Waals surface area contributed by atoms with E-state index in [0.717, 1.165) is 36.1 Å². The van der Waals surface area contributed by atoms with Gasteiger partial charge < -0.3 is 24.4 Å². The molecule has 5 rings (SSSR count). The predicted octanol–water partition coefficient (Wildman–Crippen LogP) is 4.83. The molecular weight excluding hydrogens is 542 g/mol. The van der Waals surface area contributed by atoms with Gasteiger partial charge in [-0.15, -0.1) is 0 Å². The summed E-state index contributed by atoms with van der Waals surface area (Å²) in [6, 6.07) is 22.3. The number of halogens is 1. The number of carbonyl (C=O) groups is 2. The molecule has 0 aromatic heterocycles. The summed E-state index contributed by atoms with van der Waals surface area (Å²) in [5.41, 5.74) is 2.67. The molecule has 9 heteroatoms. The number of anilines is 1. The fourth-order valence-electron chi connectivity index (χ4n) is 5.04. The molecule has 0 spiro atoms.